The minimum absolute atomic E-state index is 0.0325. The van der Waals surface area contributed by atoms with E-state index in [9.17, 15) is 4.79 Å². The number of rotatable bonds is 5. The average Bonchev–Trinajstić information content (AvgIpc) is 3.02. The number of nitrogens with zero attached hydrogens (tertiary/aromatic N) is 2. The molecule has 5 nitrogen and oxygen atoms in total. The number of carbonyl (C=O) groups is 1. The van der Waals surface area contributed by atoms with Crippen LogP contribution in [0.25, 0.3) is 0 Å². The zero-order valence-electron chi connectivity index (χ0n) is 14.6. The Hall–Kier alpha value is -2.30. The number of hydrogen-bond donors (Lipinski definition) is 1. The minimum Gasteiger partial charge on any atom is -0.478 e. The van der Waals surface area contributed by atoms with E-state index in [1.54, 1.807) is 0 Å². The molecule has 3 rings (SSSR count). The summed E-state index contributed by atoms with van der Waals surface area (Å²) in [6.07, 6.45) is 1.95. The van der Waals surface area contributed by atoms with Crippen molar-refractivity contribution in [2.75, 3.05) is 6.61 Å². The Morgan fingerprint density at radius 3 is 2.92 bits per heavy atom. The van der Waals surface area contributed by atoms with Gasteiger partial charge in [-0.1, -0.05) is 39.0 Å². The van der Waals surface area contributed by atoms with Gasteiger partial charge in [-0.2, -0.15) is 5.10 Å². The Morgan fingerprint density at radius 2 is 2.17 bits per heavy atom. The van der Waals surface area contributed by atoms with Crippen molar-refractivity contribution in [3.8, 4) is 5.88 Å². The van der Waals surface area contributed by atoms with Crippen LogP contribution in [0.5, 0.6) is 5.88 Å². The highest BCUT2D eigenvalue weighted by Gasteiger charge is 2.24. The summed E-state index contributed by atoms with van der Waals surface area (Å²) in [5.41, 5.74) is 2.62. The fraction of sp³-hybridized carbons (Fsp3) is 0.474. The van der Waals surface area contributed by atoms with Crippen LogP contribution in [0.3, 0.4) is 0 Å². The van der Waals surface area contributed by atoms with Crippen LogP contribution in [0.15, 0.2) is 30.3 Å². The van der Waals surface area contributed by atoms with Crippen molar-refractivity contribution in [3.05, 3.63) is 47.2 Å². The second-order valence-corrected chi connectivity index (χ2v) is 6.86. The lowest BCUT2D eigenvalue weighted by molar-refractivity contribution is 0.0948. The van der Waals surface area contributed by atoms with Gasteiger partial charge in [0, 0.05) is 24.6 Å². The molecule has 2 aromatic rings. The molecule has 1 aromatic heterocycles. The smallest absolute Gasteiger partial charge is 0.251 e. The van der Waals surface area contributed by atoms with Gasteiger partial charge in [-0.25, -0.2) is 4.68 Å². The first-order chi connectivity index (χ1) is 11.5. The summed E-state index contributed by atoms with van der Waals surface area (Å²) in [4.78, 5) is 12.7. The predicted molar refractivity (Wildman–Crippen MR) is 93.3 cm³/mol. The van der Waals surface area contributed by atoms with Gasteiger partial charge in [0.15, 0.2) is 0 Å². The molecular weight excluding hydrogens is 302 g/mol. The first kappa shape index (κ1) is 16.6. The van der Waals surface area contributed by atoms with Crippen LogP contribution in [0.4, 0.5) is 0 Å². The third-order valence-electron chi connectivity index (χ3n) is 4.77. The molecule has 0 radical (unpaired) electrons. The van der Waals surface area contributed by atoms with E-state index in [0.29, 0.717) is 6.54 Å². The fourth-order valence-electron chi connectivity index (χ4n) is 2.93. The molecule has 5 heteroatoms. The van der Waals surface area contributed by atoms with Gasteiger partial charge in [0.1, 0.15) is 0 Å². The molecule has 1 N–H and O–H groups in total. The van der Waals surface area contributed by atoms with E-state index in [1.807, 2.05) is 35.0 Å². The topological polar surface area (TPSA) is 56.2 Å². The van der Waals surface area contributed by atoms with Crippen molar-refractivity contribution >= 4 is 5.91 Å². The van der Waals surface area contributed by atoms with Crippen molar-refractivity contribution < 1.29 is 9.53 Å². The summed E-state index contributed by atoms with van der Waals surface area (Å²) in [7, 11) is 0. The maximum absolute atomic E-state index is 12.7. The van der Waals surface area contributed by atoms with Crippen LogP contribution < -0.4 is 10.1 Å². The molecule has 0 saturated heterocycles. The second-order valence-electron chi connectivity index (χ2n) is 6.86. The number of fused-ring (bicyclic) bond motifs is 1. The normalized spacial score (nSPS) is 14.0. The highest BCUT2D eigenvalue weighted by molar-refractivity contribution is 5.96. The second kappa shape index (κ2) is 6.67. The van der Waals surface area contributed by atoms with Crippen molar-refractivity contribution in [1.29, 1.82) is 0 Å². The van der Waals surface area contributed by atoms with E-state index in [2.05, 4.69) is 31.2 Å². The van der Waals surface area contributed by atoms with Crippen molar-refractivity contribution in [2.45, 2.75) is 52.1 Å². The van der Waals surface area contributed by atoms with Crippen LogP contribution in [-0.2, 0) is 18.5 Å². The quantitative estimate of drug-likeness (QED) is 0.917. The molecule has 0 bridgehead atoms. The lowest BCUT2D eigenvalue weighted by Gasteiger charge is -2.25. The van der Waals surface area contributed by atoms with Crippen LogP contribution in [0.2, 0.25) is 0 Å². The number of aryl methyl sites for hydroxylation is 1. The lowest BCUT2D eigenvalue weighted by Crippen LogP contribution is -2.28. The molecular formula is C19H25N3O2. The first-order valence-electron chi connectivity index (χ1n) is 8.58. The molecule has 2 heterocycles. The molecule has 1 amide bonds. The van der Waals surface area contributed by atoms with Crippen LogP contribution in [0, 0.1) is 0 Å². The summed E-state index contributed by atoms with van der Waals surface area (Å²) < 4.78 is 7.42. The summed E-state index contributed by atoms with van der Waals surface area (Å²) in [6.45, 7) is 8.49. The van der Waals surface area contributed by atoms with E-state index < -0.39 is 0 Å². The number of amides is 1. The first-order valence-corrected chi connectivity index (χ1v) is 8.58. The molecule has 0 atom stereocenters. The van der Waals surface area contributed by atoms with Crippen molar-refractivity contribution in [2.24, 2.45) is 0 Å². The lowest BCUT2D eigenvalue weighted by atomic mass is 9.79. The zero-order chi connectivity index (χ0) is 17.2. The summed E-state index contributed by atoms with van der Waals surface area (Å²) in [5, 5.41) is 7.47. The van der Waals surface area contributed by atoms with E-state index in [0.717, 1.165) is 48.7 Å². The molecule has 128 valence electrons. The van der Waals surface area contributed by atoms with Gasteiger partial charge in [-0.15, -0.1) is 0 Å². The van der Waals surface area contributed by atoms with Crippen LogP contribution >= 0.6 is 0 Å². The molecule has 0 unspecified atom stereocenters. The molecule has 0 saturated carbocycles. The Bertz CT molecular complexity index is 710. The molecule has 0 aliphatic carbocycles. The van der Waals surface area contributed by atoms with Gasteiger partial charge in [0.25, 0.3) is 5.91 Å². The molecule has 1 aromatic carbocycles. The summed E-state index contributed by atoms with van der Waals surface area (Å²) in [5.74, 6) is 0.733. The van der Waals surface area contributed by atoms with Crippen molar-refractivity contribution in [1.82, 2.24) is 15.1 Å². The monoisotopic (exact) mass is 327 g/mol. The molecule has 1 aliphatic rings. The number of nitrogens with one attached hydrogen (secondary N) is 1. The molecule has 24 heavy (non-hydrogen) atoms. The summed E-state index contributed by atoms with van der Waals surface area (Å²) in [6, 6.07) is 9.74. The van der Waals surface area contributed by atoms with Crippen LogP contribution in [0.1, 0.15) is 55.2 Å². The predicted octanol–water partition coefficient (Wildman–Crippen LogP) is 3.28. The third kappa shape index (κ3) is 3.30. The molecule has 1 aliphatic heterocycles. The number of ether oxygens (including phenoxy) is 1. The highest BCUT2D eigenvalue weighted by atomic mass is 16.5. The van der Waals surface area contributed by atoms with Gasteiger partial charge in [-0.3, -0.25) is 4.79 Å². The number of carbonyl (C=O) groups excluding carboxylic acids is 1. The average molecular weight is 327 g/mol. The SMILES string of the molecule is CCC(C)(C)c1ccccc1C(=O)NCc1cc2n(n1)CCCO2. The Labute approximate surface area is 143 Å². The maximum Gasteiger partial charge on any atom is 0.251 e. The van der Waals surface area contributed by atoms with E-state index >= 15 is 0 Å². The van der Waals surface area contributed by atoms with Gasteiger partial charge >= 0.3 is 0 Å². The van der Waals surface area contributed by atoms with Crippen LogP contribution in [-0.4, -0.2) is 22.3 Å². The summed E-state index contributed by atoms with van der Waals surface area (Å²) >= 11 is 0. The number of benzene rings is 1. The van der Waals surface area contributed by atoms with Gasteiger partial charge in [-0.05, 0) is 23.5 Å². The van der Waals surface area contributed by atoms with Gasteiger partial charge < -0.3 is 10.1 Å². The minimum atomic E-state index is -0.0565. The van der Waals surface area contributed by atoms with Gasteiger partial charge in [0.05, 0.1) is 18.8 Å². The Morgan fingerprint density at radius 1 is 1.38 bits per heavy atom. The van der Waals surface area contributed by atoms with E-state index in [1.165, 1.54) is 0 Å². The number of aromatic nitrogens is 2. The van der Waals surface area contributed by atoms with Gasteiger partial charge in [0.2, 0.25) is 5.88 Å². The maximum atomic E-state index is 12.7. The number of hydrogen-bond acceptors (Lipinski definition) is 3. The van der Waals surface area contributed by atoms with Crippen molar-refractivity contribution in [3.63, 3.8) is 0 Å². The Kier molecular flexibility index (Phi) is 4.60. The van der Waals surface area contributed by atoms with E-state index in [4.69, 9.17) is 4.74 Å². The standard InChI is InChI=1S/C19H25N3O2/c1-4-19(2,3)16-9-6-5-8-15(16)18(23)20-13-14-12-17-22(21-14)10-7-11-24-17/h5-6,8-9,12H,4,7,10-11,13H2,1-3H3,(H,20,23). The zero-order valence-corrected chi connectivity index (χ0v) is 14.6. The Balaban J connectivity index is 1.73. The fourth-order valence-corrected chi connectivity index (χ4v) is 2.93. The largest absolute Gasteiger partial charge is 0.478 e. The molecule has 0 fully saturated rings. The van der Waals surface area contributed by atoms with E-state index in [-0.39, 0.29) is 11.3 Å². The third-order valence-corrected chi connectivity index (χ3v) is 4.77. The molecule has 0 spiro atoms. The highest BCUT2D eigenvalue weighted by Crippen LogP contribution is 2.29.